The van der Waals surface area contributed by atoms with Crippen LogP contribution in [0.5, 0.6) is 0 Å². The topological polar surface area (TPSA) is 98.4 Å². The van der Waals surface area contributed by atoms with Crippen LogP contribution in [0.25, 0.3) is 6.08 Å². The highest BCUT2D eigenvalue weighted by molar-refractivity contribution is 5.80. The first-order valence-corrected chi connectivity index (χ1v) is 5.96. The van der Waals surface area contributed by atoms with Gasteiger partial charge in [-0.25, -0.2) is 9.59 Å². The van der Waals surface area contributed by atoms with E-state index in [1.165, 1.54) is 12.2 Å². The molecule has 0 aliphatic carbocycles. The molecule has 0 saturated carbocycles. The molecule has 0 fully saturated rings. The number of carboxylic acids is 2. The minimum atomic E-state index is -0.981. The Morgan fingerprint density at radius 2 is 1.55 bits per heavy atom. The summed E-state index contributed by atoms with van der Waals surface area (Å²) < 4.78 is 0. The van der Waals surface area contributed by atoms with Crippen LogP contribution in [0.3, 0.4) is 0 Å². The van der Waals surface area contributed by atoms with Gasteiger partial charge in [0.2, 0.25) is 0 Å². The summed E-state index contributed by atoms with van der Waals surface area (Å²) in [6.45, 7) is 6.08. The first-order valence-electron chi connectivity index (χ1n) is 5.96. The number of aliphatic carboxylic acids is 2. The molecule has 114 valence electrons. The third-order valence-electron chi connectivity index (χ3n) is 1.70. The normalized spacial score (nSPS) is 8.68. The highest BCUT2D eigenvalue weighted by Gasteiger charge is 1.82. The van der Waals surface area contributed by atoms with Crippen molar-refractivity contribution >= 4 is 18.0 Å². The maximum atomic E-state index is 10.1. The van der Waals surface area contributed by atoms with Gasteiger partial charge in [0.05, 0.1) is 6.07 Å². The zero-order valence-corrected chi connectivity index (χ0v) is 11.9. The molecule has 1 rings (SSSR count). The van der Waals surface area contributed by atoms with Crippen LogP contribution in [-0.4, -0.2) is 22.2 Å². The lowest BCUT2D eigenvalue weighted by atomic mass is 10.2. The Morgan fingerprint density at radius 3 is 1.91 bits per heavy atom. The lowest BCUT2D eigenvalue weighted by Gasteiger charge is -1.87. The van der Waals surface area contributed by atoms with Crippen molar-refractivity contribution in [1.29, 1.82) is 5.26 Å². The molecule has 2 N–H and O–H groups in total. The van der Waals surface area contributed by atoms with Gasteiger partial charge in [-0.05, 0) is 5.56 Å². The Kier molecular flexibility index (Phi) is 14.9. The van der Waals surface area contributed by atoms with Gasteiger partial charge in [0.1, 0.15) is 0 Å². The summed E-state index contributed by atoms with van der Waals surface area (Å²) in [6.07, 6.45) is 8.15. The monoisotopic (exact) mass is 299 g/mol. The lowest BCUT2D eigenvalue weighted by molar-refractivity contribution is -0.132. The number of hydrogen-bond acceptors (Lipinski definition) is 3. The maximum absolute atomic E-state index is 10.1. The number of carboxylic acid groups (broad SMARTS) is 2. The second-order valence-electron chi connectivity index (χ2n) is 3.34. The van der Waals surface area contributed by atoms with Gasteiger partial charge in [0.15, 0.2) is 0 Å². The molecule has 0 aliphatic heterocycles. The van der Waals surface area contributed by atoms with Crippen molar-refractivity contribution in [2.75, 3.05) is 0 Å². The predicted molar refractivity (Wildman–Crippen MR) is 85.9 cm³/mol. The molecule has 22 heavy (non-hydrogen) atoms. The van der Waals surface area contributed by atoms with Crippen LogP contribution in [0.4, 0.5) is 0 Å². The van der Waals surface area contributed by atoms with Gasteiger partial charge in [-0.15, -0.1) is 0 Å². The van der Waals surface area contributed by atoms with Crippen LogP contribution in [0.15, 0.2) is 73.9 Å². The Balaban J connectivity index is 0. The van der Waals surface area contributed by atoms with E-state index in [1.807, 2.05) is 36.4 Å². The van der Waals surface area contributed by atoms with Crippen molar-refractivity contribution in [2.24, 2.45) is 0 Å². The minimum Gasteiger partial charge on any atom is -0.478 e. The first-order chi connectivity index (χ1) is 10.5. The van der Waals surface area contributed by atoms with Gasteiger partial charge in [-0.3, -0.25) is 0 Å². The van der Waals surface area contributed by atoms with Crippen molar-refractivity contribution in [3.05, 3.63) is 79.4 Å². The van der Waals surface area contributed by atoms with Crippen LogP contribution in [0.2, 0.25) is 0 Å². The summed E-state index contributed by atoms with van der Waals surface area (Å²) >= 11 is 0. The van der Waals surface area contributed by atoms with Crippen molar-refractivity contribution < 1.29 is 19.8 Å². The van der Waals surface area contributed by atoms with E-state index in [2.05, 4.69) is 13.2 Å². The highest BCUT2D eigenvalue weighted by Crippen LogP contribution is 2.00. The van der Waals surface area contributed by atoms with Gasteiger partial charge in [-0.2, -0.15) is 5.26 Å². The Labute approximate surface area is 129 Å². The van der Waals surface area contributed by atoms with E-state index in [0.29, 0.717) is 0 Å². The Morgan fingerprint density at radius 1 is 1.05 bits per heavy atom. The first kappa shape index (κ1) is 20.9. The molecule has 5 heteroatoms. The molecule has 0 saturated heterocycles. The molecule has 5 nitrogen and oxygen atoms in total. The molecular weight excluding hydrogens is 282 g/mol. The SMILES string of the molecule is C=CC#N.C=CC(=O)O.O=C(O)C=CC=Cc1ccccc1. The molecule has 0 bridgehead atoms. The van der Waals surface area contributed by atoms with E-state index in [9.17, 15) is 9.59 Å². The molecule has 0 unspecified atom stereocenters. The second kappa shape index (κ2) is 15.7. The predicted octanol–water partition coefficient (Wildman–Crippen LogP) is 3.29. The van der Waals surface area contributed by atoms with Crippen LogP contribution in [0.1, 0.15) is 5.56 Å². The second-order valence-corrected chi connectivity index (χ2v) is 3.34. The van der Waals surface area contributed by atoms with Crippen molar-refractivity contribution in [1.82, 2.24) is 0 Å². The lowest BCUT2D eigenvalue weighted by Crippen LogP contribution is -1.84. The average Bonchev–Trinajstić information content (AvgIpc) is 2.53. The quantitative estimate of drug-likeness (QED) is 0.505. The fraction of sp³-hybridized carbons (Fsp3) is 0. The van der Waals surface area contributed by atoms with Gasteiger partial charge in [-0.1, -0.05) is 61.7 Å². The summed E-state index contributed by atoms with van der Waals surface area (Å²) in [7, 11) is 0. The van der Waals surface area contributed by atoms with Crippen LogP contribution >= 0.6 is 0 Å². The van der Waals surface area contributed by atoms with E-state index in [-0.39, 0.29) is 0 Å². The van der Waals surface area contributed by atoms with E-state index >= 15 is 0 Å². The standard InChI is InChI=1S/C11H10O2.C3H3N.C3H4O2/c12-11(13)9-5-4-8-10-6-2-1-3-7-10;1-2-3-4;1-2-3(4)5/h1-9H,(H,12,13);2H,1H2;2H,1H2,(H,4,5). The highest BCUT2D eigenvalue weighted by atomic mass is 16.4. The zero-order chi connectivity index (χ0) is 17.2. The summed E-state index contributed by atoms with van der Waals surface area (Å²) in [6, 6.07) is 11.4. The molecular formula is C17H17NO4. The minimum absolute atomic E-state index is 0.833. The van der Waals surface area contributed by atoms with Gasteiger partial charge < -0.3 is 10.2 Å². The van der Waals surface area contributed by atoms with Crippen LogP contribution in [-0.2, 0) is 9.59 Å². The summed E-state index contributed by atoms with van der Waals surface area (Å²) in [5, 5.41) is 23.4. The molecule has 0 heterocycles. The van der Waals surface area contributed by atoms with E-state index in [4.69, 9.17) is 15.5 Å². The Hall–Kier alpha value is -3.39. The van der Waals surface area contributed by atoms with E-state index in [1.54, 1.807) is 12.1 Å². The summed E-state index contributed by atoms with van der Waals surface area (Å²) in [5.41, 5.74) is 1.05. The van der Waals surface area contributed by atoms with Gasteiger partial charge in [0.25, 0.3) is 0 Å². The third kappa shape index (κ3) is 19.0. The number of benzene rings is 1. The van der Waals surface area contributed by atoms with Crippen molar-refractivity contribution in [3.63, 3.8) is 0 Å². The van der Waals surface area contributed by atoms with Crippen molar-refractivity contribution in [3.8, 4) is 6.07 Å². The average molecular weight is 299 g/mol. The number of nitrogens with zero attached hydrogens (tertiary/aromatic N) is 1. The molecule has 0 amide bonds. The largest absolute Gasteiger partial charge is 0.478 e. The smallest absolute Gasteiger partial charge is 0.328 e. The van der Waals surface area contributed by atoms with Crippen molar-refractivity contribution in [2.45, 2.75) is 0 Å². The molecule has 0 radical (unpaired) electrons. The molecule has 0 spiro atoms. The Bertz CT molecular complexity index is 566. The van der Waals surface area contributed by atoms with E-state index < -0.39 is 11.9 Å². The van der Waals surface area contributed by atoms with Gasteiger partial charge in [0, 0.05) is 18.2 Å². The summed E-state index contributed by atoms with van der Waals surface area (Å²) in [4.78, 5) is 19.3. The maximum Gasteiger partial charge on any atom is 0.328 e. The molecule has 0 aliphatic rings. The number of hydrogen-bond donors (Lipinski definition) is 2. The van der Waals surface area contributed by atoms with Crippen LogP contribution in [0, 0.1) is 11.3 Å². The number of rotatable bonds is 4. The molecule has 0 atom stereocenters. The molecule has 1 aromatic rings. The van der Waals surface area contributed by atoms with E-state index in [0.717, 1.165) is 17.7 Å². The van der Waals surface area contributed by atoms with Gasteiger partial charge >= 0.3 is 11.9 Å². The zero-order valence-electron chi connectivity index (χ0n) is 11.9. The third-order valence-corrected chi connectivity index (χ3v) is 1.70. The fourth-order valence-electron chi connectivity index (χ4n) is 0.869. The fourth-order valence-corrected chi connectivity index (χ4v) is 0.869. The number of nitriles is 1. The summed E-state index contributed by atoms with van der Waals surface area (Å²) in [5.74, 6) is -1.91. The number of allylic oxidation sites excluding steroid dienone is 3. The molecule has 0 aromatic heterocycles. The molecule has 1 aromatic carbocycles. The van der Waals surface area contributed by atoms with Crippen LogP contribution < -0.4 is 0 Å². The number of carbonyl (C=O) groups is 2.